The van der Waals surface area contributed by atoms with Gasteiger partial charge in [-0.1, -0.05) is 22.0 Å². The minimum Gasteiger partial charge on any atom is -0.480 e. The fraction of sp³-hybridized carbons (Fsp3) is 0.286. The molecule has 0 saturated carbocycles. The Morgan fingerprint density at radius 2 is 2.21 bits per heavy atom. The number of carboxylic acids is 1. The molecular weight excluding hydrogens is 310 g/mol. The second-order valence-electron chi connectivity index (χ2n) is 4.19. The topological polar surface area (TPSA) is 66.4 Å². The van der Waals surface area contributed by atoms with Crippen molar-refractivity contribution in [2.24, 2.45) is 0 Å². The van der Waals surface area contributed by atoms with Gasteiger partial charge in [-0.05, 0) is 43.5 Å². The van der Waals surface area contributed by atoms with Gasteiger partial charge in [0.1, 0.15) is 6.04 Å². The van der Waals surface area contributed by atoms with Crippen LogP contribution in [0, 0.1) is 6.92 Å². The second kappa shape index (κ2) is 7.09. The summed E-state index contributed by atoms with van der Waals surface area (Å²) >= 11 is 3.32. The van der Waals surface area contributed by atoms with Crippen molar-refractivity contribution in [3.63, 3.8) is 0 Å². The number of amides is 1. The number of carboxylic acid groups (broad SMARTS) is 1. The van der Waals surface area contributed by atoms with Crippen molar-refractivity contribution in [3.8, 4) is 0 Å². The van der Waals surface area contributed by atoms with Crippen molar-refractivity contribution in [1.29, 1.82) is 0 Å². The van der Waals surface area contributed by atoms with Crippen molar-refractivity contribution in [3.05, 3.63) is 46.5 Å². The van der Waals surface area contributed by atoms with Gasteiger partial charge in [0.25, 0.3) is 5.91 Å². The van der Waals surface area contributed by atoms with Gasteiger partial charge in [-0.15, -0.1) is 6.58 Å². The van der Waals surface area contributed by atoms with Crippen LogP contribution in [0.25, 0.3) is 0 Å². The van der Waals surface area contributed by atoms with Gasteiger partial charge in [-0.2, -0.15) is 0 Å². The van der Waals surface area contributed by atoms with Gasteiger partial charge in [0.2, 0.25) is 0 Å². The number of hydrogen-bond acceptors (Lipinski definition) is 2. The Morgan fingerprint density at radius 1 is 1.53 bits per heavy atom. The highest BCUT2D eigenvalue weighted by molar-refractivity contribution is 9.10. The summed E-state index contributed by atoms with van der Waals surface area (Å²) in [6.07, 6.45) is 2.50. The van der Waals surface area contributed by atoms with Gasteiger partial charge in [-0.3, -0.25) is 4.79 Å². The monoisotopic (exact) mass is 325 g/mol. The number of carbonyl (C=O) groups excluding carboxylic acids is 1. The lowest BCUT2D eigenvalue weighted by Crippen LogP contribution is -2.40. The molecule has 2 N–H and O–H groups in total. The van der Waals surface area contributed by atoms with Crippen molar-refractivity contribution in [1.82, 2.24) is 5.32 Å². The van der Waals surface area contributed by atoms with E-state index in [1.807, 2.05) is 6.07 Å². The van der Waals surface area contributed by atoms with Crippen LogP contribution in [-0.2, 0) is 4.79 Å². The lowest BCUT2D eigenvalue weighted by atomic mass is 10.1. The quantitative estimate of drug-likeness (QED) is 0.790. The Bertz CT molecular complexity index is 499. The SMILES string of the molecule is C=CCCC(NC(=O)c1ccc(Br)cc1C)C(=O)O. The van der Waals surface area contributed by atoms with Gasteiger partial charge in [0.15, 0.2) is 0 Å². The Balaban J connectivity index is 2.81. The maximum atomic E-state index is 12.0. The van der Waals surface area contributed by atoms with E-state index in [-0.39, 0.29) is 5.91 Å². The highest BCUT2D eigenvalue weighted by Crippen LogP contribution is 2.16. The minimum absolute atomic E-state index is 0.333. The molecule has 1 aromatic rings. The zero-order chi connectivity index (χ0) is 14.4. The number of hydrogen-bond donors (Lipinski definition) is 2. The molecule has 1 aromatic carbocycles. The number of aryl methyl sites for hydroxylation is 1. The van der Waals surface area contributed by atoms with Gasteiger partial charge in [-0.25, -0.2) is 4.79 Å². The third kappa shape index (κ3) is 4.52. The van der Waals surface area contributed by atoms with Crippen LogP contribution < -0.4 is 5.32 Å². The first-order valence-corrected chi connectivity index (χ1v) is 6.65. The van der Waals surface area contributed by atoms with Crippen LogP contribution in [0.2, 0.25) is 0 Å². The van der Waals surface area contributed by atoms with Gasteiger partial charge in [0.05, 0.1) is 0 Å². The van der Waals surface area contributed by atoms with Gasteiger partial charge >= 0.3 is 5.97 Å². The molecule has 0 spiro atoms. The molecule has 5 heteroatoms. The number of benzene rings is 1. The van der Waals surface area contributed by atoms with E-state index in [2.05, 4.69) is 27.8 Å². The second-order valence-corrected chi connectivity index (χ2v) is 5.11. The maximum absolute atomic E-state index is 12.0. The van der Waals surface area contributed by atoms with Crippen LogP contribution in [0.1, 0.15) is 28.8 Å². The molecule has 102 valence electrons. The Labute approximate surface area is 120 Å². The van der Waals surface area contributed by atoms with E-state index in [0.717, 1.165) is 10.0 Å². The van der Waals surface area contributed by atoms with Crippen LogP contribution in [0.4, 0.5) is 0 Å². The normalized spacial score (nSPS) is 11.7. The summed E-state index contributed by atoms with van der Waals surface area (Å²) < 4.78 is 0.878. The van der Waals surface area contributed by atoms with Crippen molar-refractivity contribution < 1.29 is 14.7 Å². The van der Waals surface area contributed by atoms with E-state index in [9.17, 15) is 9.59 Å². The van der Waals surface area contributed by atoms with Crippen LogP contribution in [0.3, 0.4) is 0 Å². The maximum Gasteiger partial charge on any atom is 0.326 e. The van der Waals surface area contributed by atoms with Crippen LogP contribution in [0.15, 0.2) is 35.3 Å². The molecule has 0 bridgehead atoms. The Hall–Kier alpha value is -1.62. The van der Waals surface area contributed by atoms with E-state index in [4.69, 9.17) is 5.11 Å². The molecule has 0 aromatic heterocycles. The number of carbonyl (C=O) groups is 2. The van der Waals surface area contributed by atoms with E-state index in [1.165, 1.54) is 0 Å². The van der Waals surface area contributed by atoms with Crippen LogP contribution >= 0.6 is 15.9 Å². The number of nitrogens with one attached hydrogen (secondary N) is 1. The standard InChI is InChI=1S/C14H16BrNO3/c1-3-4-5-12(14(18)19)16-13(17)11-7-6-10(15)8-9(11)2/h3,6-8,12H,1,4-5H2,2H3,(H,16,17)(H,18,19). The summed E-state index contributed by atoms with van der Waals surface area (Å²) in [5, 5.41) is 11.6. The summed E-state index contributed by atoms with van der Waals surface area (Å²) in [5.41, 5.74) is 1.27. The predicted molar refractivity (Wildman–Crippen MR) is 77.2 cm³/mol. The van der Waals surface area contributed by atoms with Crippen LogP contribution in [0.5, 0.6) is 0 Å². The molecular formula is C14H16BrNO3. The fourth-order valence-corrected chi connectivity index (χ4v) is 2.14. The average molecular weight is 326 g/mol. The summed E-state index contributed by atoms with van der Waals surface area (Å²) in [6, 6.07) is 4.34. The molecule has 1 rings (SSSR count). The Kier molecular flexibility index (Phi) is 5.76. The Morgan fingerprint density at radius 3 is 2.74 bits per heavy atom. The molecule has 1 amide bonds. The molecule has 4 nitrogen and oxygen atoms in total. The van der Waals surface area contributed by atoms with Crippen molar-refractivity contribution >= 4 is 27.8 Å². The number of allylic oxidation sites excluding steroid dienone is 1. The highest BCUT2D eigenvalue weighted by Gasteiger charge is 2.20. The van der Waals surface area contributed by atoms with E-state index < -0.39 is 12.0 Å². The van der Waals surface area contributed by atoms with Crippen molar-refractivity contribution in [2.75, 3.05) is 0 Å². The molecule has 0 aliphatic rings. The zero-order valence-electron chi connectivity index (χ0n) is 10.6. The third-order valence-electron chi connectivity index (χ3n) is 2.70. The molecule has 0 aliphatic heterocycles. The molecule has 0 radical (unpaired) electrons. The average Bonchev–Trinajstić information content (AvgIpc) is 2.33. The molecule has 1 unspecified atom stereocenters. The van der Waals surface area contributed by atoms with E-state index in [1.54, 1.807) is 25.1 Å². The molecule has 0 fully saturated rings. The van der Waals surface area contributed by atoms with Crippen LogP contribution in [-0.4, -0.2) is 23.0 Å². The summed E-state index contributed by atoms with van der Waals surface area (Å²) in [6.45, 7) is 5.35. The third-order valence-corrected chi connectivity index (χ3v) is 3.19. The first-order valence-electron chi connectivity index (χ1n) is 5.86. The molecule has 0 saturated heterocycles. The fourth-order valence-electron chi connectivity index (χ4n) is 1.66. The first-order chi connectivity index (χ1) is 8.95. The lowest BCUT2D eigenvalue weighted by molar-refractivity contribution is -0.139. The van der Waals surface area contributed by atoms with E-state index >= 15 is 0 Å². The largest absolute Gasteiger partial charge is 0.480 e. The van der Waals surface area contributed by atoms with Gasteiger partial charge < -0.3 is 10.4 Å². The highest BCUT2D eigenvalue weighted by atomic mass is 79.9. The first kappa shape index (κ1) is 15.4. The van der Waals surface area contributed by atoms with Crippen molar-refractivity contribution in [2.45, 2.75) is 25.8 Å². The molecule has 19 heavy (non-hydrogen) atoms. The summed E-state index contributed by atoms with van der Waals surface area (Å²) in [4.78, 5) is 23.1. The number of halogens is 1. The molecule has 1 atom stereocenters. The van der Waals surface area contributed by atoms with E-state index in [0.29, 0.717) is 18.4 Å². The number of aliphatic carboxylic acids is 1. The zero-order valence-corrected chi connectivity index (χ0v) is 12.2. The predicted octanol–water partition coefficient (Wildman–Crippen LogP) is 2.91. The summed E-state index contributed by atoms with van der Waals surface area (Å²) in [5.74, 6) is -1.41. The summed E-state index contributed by atoms with van der Waals surface area (Å²) in [7, 11) is 0. The molecule has 0 heterocycles. The van der Waals surface area contributed by atoms with Gasteiger partial charge in [0, 0.05) is 10.0 Å². The minimum atomic E-state index is -1.04. The number of rotatable bonds is 6. The lowest BCUT2D eigenvalue weighted by Gasteiger charge is -2.14. The molecule has 0 aliphatic carbocycles. The smallest absolute Gasteiger partial charge is 0.326 e.